The molecule has 35 heavy (non-hydrogen) atoms. The van der Waals surface area contributed by atoms with Gasteiger partial charge in [0.2, 0.25) is 15.9 Å². The molecule has 2 aliphatic heterocycles. The number of hydrogen-bond donors (Lipinski definition) is 1. The number of carbonyl (C=O) groups is 2. The minimum absolute atomic E-state index is 0.123. The number of nitrogens with zero attached hydrogens (tertiary/aromatic N) is 2. The Morgan fingerprint density at radius 2 is 1.77 bits per heavy atom. The Hall–Kier alpha value is -2.75. The largest absolute Gasteiger partial charge is 0.376 e. The van der Waals surface area contributed by atoms with Crippen LogP contribution in [0.5, 0.6) is 0 Å². The third-order valence-electron chi connectivity index (χ3n) is 6.75. The molecule has 0 saturated carbocycles. The molecule has 4 rings (SSSR count). The van der Waals surface area contributed by atoms with E-state index in [4.69, 9.17) is 4.74 Å². The zero-order chi connectivity index (χ0) is 25.0. The van der Waals surface area contributed by atoms with E-state index in [1.807, 2.05) is 32.0 Å². The maximum absolute atomic E-state index is 13.4. The maximum atomic E-state index is 13.4. The van der Waals surface area contributed by atoms with E-state index in [1.165, 1.54) is 33.5 Å². The number of anilines is 1. The van der Waals surface area contributed by atoms with E-state index in [0.29, 0.717) is 31.8 Å². The van der Waals surface area contributed by atoms with E-state index < -0.39 is 10.0 Å². The molecule has 2 aliphatic rings. The predicted octanol–water partition coefficient (Wildman–Crippen LogP) is 3.35. The molecular formula is C26H33N3O5S. The van der Waals surface area contributed by atoms with Crippen LogP contribution < -0.4 is 5.32 Å². The van der Waals surface area contributed by atoms with Crippen LogP contribution in [0.25, 0.3) is 0 Å². The molecule has 0 unspecified atom stereocenters. The van der Waals surface area contributed by atoms with Gasteiger partial charge in [0.05, 0.1) is 11.0 Å². The van der Waals surface area contributed by atoms with Gasteiger partial charge < -0.3 is 15.0 Å². The van der Waals surface area contributed by atoms with E-state index in [2.05, 4.69) is 5.32 Å². The molecule has 1 N–H and O–H groups in total. The molecule has 0 aliphatic carbocycles. The summed E-state index contributed by atoms with van der Waals surface area (Å²) in [6.45, 7) is 5.78. The van der Waals surface area contributed by atoms with Crippen molar-refractivity contribution in [1.82, 2.24) is 9.21 Å². The first-order chi connectivity index (χ1) is 16.8. The fourth-order valence-corrected chi connectivity index (χ4v) is 6.05. The van der Waals surface area contributed by atoms with Gasteiger partial charge in [0.15, 0.2) is 0 Å². The quantitative estimate of drug-likeness (QED) is 0.601. The van der Waals surface area contributed by atoms with Crippen molar-refractivity contribution in [2.45, 2.75) is 50.5 Å². The predicted molar refractivity (Wildman–Crippen MR) is 134 cm³/mol. The van der Waals surface area contributed by atoms with Crippen LogP contribution in [0.15, 0.2) is 47.4 Å². The molecule has 2 saturated heterocycles. The number of nitrogens with one attached hydrogen (secondary N) is 1. The second-order valence-corrected chi connectivity index (χ2v) is 11.2. The number of sulfonamides is 1. The average molecular weight is 500 g/mol. The van der Waals surface area contributed by atoms with Gasteiger partial charge in [-0.1, -0.05) is 12.1 Å². The Kier molecular flexibility index (Phi) is 7.88. The first-order valence-corrected chi connectivity index (χ1v) is 13.6. The van der Waals surface area contributed by atoms with Crippen LogP contribution in [-0.4, -0.2) is 68.3 Å². The smallest absolute Gasteiger partial charge is 0.254 e. The SMILES string of the molecule is Cc1cccc(NC(=O)CN(C[C@@H]2CCCO2)C(=O)c2ccc(S(=O)(=O)N3CCCC3)cc2)c1C. The summed E-state index contributed by atoms with van der Waals surface area (Å²) >= 11 is 0. The average Bonchev–Trinajstić information content (AvgIpc) is 3.56. The molecule has 9 heteroatoms. The molecule has 2 heterocycles. The summed E-state index contributed by atoms with van der Waals surface area (Å²) < 4.78 is 32.8. The summed E-state index contributed by atoms with van der Waals surface area (Å²) in [4.78, 5) is 27.9. The van der Waals surface area contributed by atoms with E-state index in [1.54, 1.807) is 0 Å². The fraction of sp³-hybridized carbons (Fsp3) is 0.462. The standard InChI is InChI=1S/C26H33N3O5S/c1-19-7-5-9-24(20(19)2)27-25(30)18-28(17-22-8-6-16-34-22)26(31)21-10-12-23(13-11-21)35(32,33)29-14-3-4-15-29/h5,7,9-13,22H,3-4,6,8,14-18H2,1-2H3,(H,27,30)/t22-/m0/s1. The van der Waals surface area contributed by atoms with Crippen molar-refractivity contribution in [3.8, 4) is 0 Å². The van der Waals surface area contributed by atoms with Crippen LogP contribution in [0.1, 0.15) is 47.2 Å². The van der Waals surface area contributed by atoms with Crippen LogP contribution in [0.3, 0.4) is 0 Å². The summed E-state index contributed by atoms with van der Waals surface area (Å²) in [6, 6.07) is 11.7. The Morgan fingerprint density at radius 1 is 1.06 bits per heavy atom. The van der Waals surface area contributed by atoms with Gasteiger partial charge in [-0.05, 0) is 81.0 Å². The molecule has 0 radical (unpaired) electrons. The Labute approximate surface area is 207 Å². The van der Waals surface area contributed by atoms with Crippen molar-refractivity contribution >= 4 is 27.5 Å². The van der Waals surface area contributed by atoms with Crippen molar-refractivity contribution in [3.63, 3.8) is 0 Å². The van der Waals surface area contributed by atoms with Gasteiger partial charge in [0.1, 0.15) is 6.54 Å². The fourth-order valence-electron chi connectivity index (χ4n) is 4.53. The first-order valence-electron chi connectivity index (χ1n) is 12.1. The summed E-state index contributed by atoms with van der Waals surface area (Å²) in [7, 11) is -3.56. The molecule has 0 bridgehead atoms. The molecule has 2 aromatic rings. The molecule has 0 aromatic heterocycles. The van der Waals surface area contributed by atoms with E-state index in [0.717, 1.165) is 42.5 Å². The van der Waals surface area contributed by atoms with Crippen molar-refractivity contribution in [3.05, 3.63) is 59.2 Å². The molecular weight excluding hydrogens is 466 g/mol. The third-order valence-corrected chi connectivity index (χ3v) is 8.67. The molecule has 0 spiro atoms. The van der Waals surface area contributed by atoms with Gasteiger partial charge in [-0.3, -0.25) is 9.59 Å². The highest BCUT2D eigenvalue weighted by atomic mass is 32.2. The minimum Gasteiger partial charge on any atom is -0.376 e. The number of aryl methyl sites for hydroxylation is 1. The zero-order valence-corrected chi connectivity index (χ0v) is 21.1. The normalized spacial score (nSPS) is 18.5. The first kappa shape index (κ1) is 25.3. The maximum Gasteiger partial charge on any atom is 0.254 e. The lowest BCUT2D eigenvalue weighted by Gasteiger charge is -2.25. The van der Waals surface area contributed by atoms with Crippen LogP contribution >= 0.6 is 0 Å². The van der Waals surface area contributed by atoms with Gasteiger partial charge in [-0.25, -0.2) is 8.42 Å². The summed E-state index contributed by atoms with van der Waals surface area (Å²) in [5.41, 5.74) is 3.10. The molecule has 2 aromatic carbocycles. The Morgan fingerprint density at radius 3 is 2.43 bits per heavy atom. The second-order valence-electron chi connectivity index (χ2n) is 9.25. The Bertz CT molecular complexity index is 1170. The number of rotatable bonds is 8. The molecule has 2 amide bonds. The molecule has 8 nitrogen and oxygen atoms in total. The monoisotopic (exact) mass is 499 g/mol. The van der Waals surface area contributed by atoms with Gasteiger partial charge >= 0.3 is 0 Å². The number of carbonyl (C=O) groups excluding carboxylic acids is 2. The van der Waals surface area contributed by atoms with Crippen LogP contribution in [0, 0.1) is 13.8 Å². The molecule has 188 valence electrons. The van der Waals surface area contributed by atoms with Gasteiger partial charge in [0, 0.05) is 37.5 Å². The Balaban J connectivity index is 1.50. The minimum atomic E-state index is -3.56. The number of benzene rings is 2. The van der Waals surface area contributed by atoms with Gasteiger partial charge in [0.25, 0.3) is 5.91 Å². The van der Waals surface area contributed by atoms with Gasteiger partial charge in [-0.2, -0.15) is 4.31 Å². The second kappa shape index (κ2) is 10.9. The van der Waals surface area contributed by atoms with Gasteiger partial charge in [-0.15, -0.1) is 0 Å². The van der Waals surface area contributed by atoms with Crippen LogP contribution in [0.4, 0.5) is 5.69 Å². The lowest BCUT2D eigenvalue weighted by Crippen LogP contribution is -2.42. The highest BCUT2D eigenvalue weighted by Gasteiger charge is 2.29. The summed E-state index contributed by atoms with van der Waals surface area (Å²) in [5.74, 6) is -0.625. The van der Waals surface area contributed by atoms with Crippen molar-refractivity contribution in [1.29, 1.82) is 0 Å². The molecule has 1 atom stereocenters. The topological polar surface area (TPSA) is 96.0 Å². The van der Waals surface area contributed by atoms with Crippen molar-refractivity contribution in [2.75, 3.05) is 38.1 Å². The lowest BCUT2D eigenvalue weighted by atomic mass is 10.1. The van der Waals surface area contributed by atoms with Crippen molar-refractivity contribution < 1.29 is 22.7 Å². The molecule has 2 fully saturated rings. The zero-order valence-electron chi connectivity index (χ0n) is 20.3. The number of ether oxygens (including phenoxy) is 1. The van der Waals surface area contributed by atoms with E-state index >= 15 is 0 Å². The van der Waals surface area contributed by atoms with Crippen LogP contribution in [-0.2, 0) is 19.6 Å². The number of amides is 2. The summed E-state index contributed by atoms with van der Waals surface area (Å²) in [6.07, 6.45) is 3.35. The van der Waals surface area contributed by atoms with E-state index in [9.17, 15) is 18.0 Å². The highest BCUT2D eigenvalue weighted by molar-refractivity contribution is 7.89. The van der Waals surface area contributed by atoms with Crippen molar-refractivity contribution in [2.24, 2.45) is 0 Å². The lowest BCUT2D eigenvalue weighted by molar-refractivity contribution is -0.117. The highest BCUT2D eigenvalue weighted by Crippen LogP contribution is 2.22. The number of hydrogen-bond acceptors (Lipinski definition) is 5. The van der Waals surface area contributed by atoms with Crippen LogP contribution in [0.2, 0.25) is 0 Å². The third kappa shape index (κ3) is 5.91. The van der Waals surface area contributed by atoms with E-state index in [-0.39, 0.29) is 29.4 Å². The summed E-state index contributed by atoms with van der Waals surface area (Å²) in [5, 5.41) is 2.91.